The minimum absolute atomic E-state index is 0.0419. The van der Waals surface area contributed by atoms with Crippen LogP contribution < -0.4 is 0 Å². The third kappa shape index (κ3) is 3.46. The second kappa shape index (κ2) is 7.86. The molecule has 0 N–H and O–H groups in total. The number of carbonyl (C=O) groups is 1. The van der Waals surface area contributed by atoms with Gasteiger partial charge in [0.25, 0.3) is 0 Å². The first kappa shape index (κ1) is 21.2. The molecule has 0 saturated carbocycles. The smallest absolute Gasteiger partial charge is 0.410 e. The van der Waals surface area contributed by atoms with Crippen molar-refractivity contribution in [2.24, 2.45) is 0 Å². The SMILES string of the molecule is CC(C)(C)n1cc(C2=CC3CCC(C2)N3C(=O)OCC2c3ccccc3-c3ccccc32)cn1. The summed E-state index contributed by atoms with van der Waals surface area (Å²) in [6.07, 6.45) is 9.03. The zero-order valence-corrected chi connectivity index (χ0v) is 20.1. The van der Waals surface area contributed by atoms with E-state index in [9.17, 15) is 4.79 Å². The Hall–Kier alpha value is -3.34. The average Bonchev–Trinajstić information content (AvgIpc) is 3.51. The molecule has 2 aliphatic heterocycles. The second-order valence-corrected chi connectivity index (χ2v) is 10.8. The van der Waals surface area contributed by atoms with E-state index in [0.717, 1.165) is 19.3 Å². The fourth-order valence-corrected chi connectivity index (χ4v) is 5.85. The van der Waals surface area contributed by atoms with Crippen molar-refractivity contribution in [3.05, 3.63) is 83.7 Å². The highest BCUT2D eigenvalue weighted by atomic mass is 16.6. The van der Waals surface area contributed by atoms with E-state index in [-0.39, 0.29) is 29.6 Å². The molecule has 0 spiro atoms. The minimum atomic E-state index is -0.185. The minimum Gasteiger partial charge on any atom is -0.448 e. The summed E-state index contributed by atoms with van der Waals surface area (Å²) in [7, 11) is 0. The Labute approximate surface area is 201 Å². The summed E-state index contributed by atoms with van der Waals surface area (Å²) in [6, 6.07) is 17.2. The molecule has 1 amide bonds. The molecule has 5 nitrogen and oxygen atoms in total. The zero-order valence-electron chi connectivity index (χ0n) is 20.1. The van der Waals surface area contributed by atoms with Gasteiger partial charge >= 0.3 is 6.09 Å². The Balaban J connectivity index is 1.18. The van der Waals surface area contributed by atoms with Crippen molar-refractivity contribution in [1.82, 2.24) is 14.7 Å². The van der Waals surface area contributed by atoms with Gasteiger partial charge in [-0.2, -0.15) is 5.10 Å². The standard InChI is InChI=1S/C29H31N3O2/c1-29(2,3)31-17-20(16-30-31)19-14-21-12-13-22(15-19)32(21)28(33)34-18-27-25-10-6-4-8-23(25)24-9-5-7-11-26(24)27/h4-11,14,16-17,21-22,27H,12-13,15,18H2,1-3H3. The van der Waals surface area contributed by atoms with E-state index in [0.29, 0.717) is 6.61 Å². The lowest BCUT2D eigenvalue weighted by Crippen LogP contribution is -2.43. The molecule has 3 heterocycles. The van der Waals surface area contributed by atoms with Gasteiger partial charge in [-0.05, 0) is 67.9 Å². The van der Waals surface area contributed by atoms with Crippen LogP contribution in [-0.4, -0.2) is 39.5 Å². The Morgan fingerprint density at radius 1 is 1.03 bits per heavy atom. The predicted molar refractivity (Wildman–Crippen MR) is 134 cm³/mol. The summed E-state index contributed by atoms with van der Waals surface area (Å²) >= 11 is 0. The fourth-order valence-electron chi connectivity index (χ4n) is 5.85. The van der Waals surface area contributed by atoms with E-state index in [4.69, 9.17) is 4.74 Å². The molecule has 3 aromatic rings. The van der Waals surface area contributed by atoms with Crippen LogP contribution in [0, 0.1) is 0 Å². The van der Waals surface area contributed by atoms with Crippen LogP contribution in [0.3, 0.4) is 0 Å². The van der Waals surface area contributed by atoms with Crippen LogP contribution >= 0.6 is 0 Å². The van der Waals surface area contributed by atoms with Gasteiger partial charge in [0.15, 0.2) is 0 Å². The lowest BCUT2D eigenvalue weighted by atomic mass is 9.97. The highest BCUT2D eigenvalue weighted by Gasteiger charge is 2.41. The molecule has 2 atom stereocenters. The highest BCUT2D eigenvalue weighted by molar-refractivity contribution is 5.79. The van der Waals surface area contributed by atoms with E-state index in [1.165, 1.54) is 33.4 Å². The van der Waals surface area contributed by atoms with Crippen LogP contribution in [0.15, 0.2) is 67.0 Å². The lowest BCUT2D eigenvalue weighted by molar-refractivity contribution is 0.0866. The lowest BCUT2D eigenvalue weighted by Gasteiger charge is -2.33. The van der Waals surface area contributed by atoms with Crippen LogP contribution in [0.4, 0.5) is 4.79 Å². The van der Waals surface area contributed by atoms with E-state index in [2.05, 4.69) is 86.7 Å². The number of rotatable bonds is 3. The maximum absolute atomic E-state index is 13.3. The van der Waals surface area contributed by atoms with Gasteiger partial charge in [0.2, 0.25) is 0 Å². The summed E-state index contributed by atoms with van der Waals surface area (Å²) in [5.74, 6) is 0.0909. The molecule has 2 aromatic carbocycles. The molecule has 34 heavy (non-hydrogen) atoms. The number of hydrogen-bond donors (Lipinski definition) is 0. The molecule has 2 bridgehead atoms. The number of amides is 1. The molecule has 1 saturated heterocycles. The number of aromatic nitrogens is 2. The van der Waals surface area contributed by atoms with Gasteiger partial charge in [0, 0.05) is 23.7 Å². The second-order valence-electron chi connectivity index (χ2n) is 10.8. The first-order chi connectivity index (χ1) is 16.4. The maximum atomic E-state index is 13.3. The third-order valence-corrected chi connectivity index (χ3v) is 7.58. The molecule has 3 aliphatic rings. The van der Waals surface area contributed by atoms with Crippen molar-refractivity contribution in [3.63, 3.8) is 0 Å². The number of benzene rings is 2. The van der Waals surface area contributed by atoms with Crippen molar-refractivity contribution in [2.75, 3.05) is 6.61 Å². The van der Waals surface area contributed by atoms with Gasteiger partial charge in [-0.25, -0.2) is 4.79 Å². The van der Waals surface area contributed by atoms with Crippen LogP contribution in [0.1, 0.15) is 62.6 Å². The number of hydrogen-bond acceptors (Lipinski definition) is 3. The van der Waals surface area contributed by atoms with Gasteiger partial charge < -0.3 is 4.74 Å². The largest absolute Gasteiger partial charge is 0.448 e. The molecule has 1 fully saturated rings. The molecule has 5 heteroatoms. The predicted octanol–water partition coefficient (Wildman–Crippen LogP) is 6.21. The molecule has 1 aliphatic carbocycles. The van der Waals surface area contributed by atoms with Crippen LogP contribution in [0.2, 0.25) is 0 Å². The van der Waals surface area contributed by atoms with Crippen molar-refractivity contribution in [3.8, 4) is 11.1 Å². The Bertz CT molecular complexity index is 1240. The fraction of sp³-hybridized carbons (Fsp3) is 0.379. The number of ether oxygens (including phenoxy) is 1. The van der Waals surface area contributed by atoms with Crippen LogP contribution in [-0.2, 0) is 10.3 Å². The zero-order chi connectivity index (χ0) is 23.4. The first-order valence-electron chi connectivity index (χ1n) is 12.3. The van der Waals surface area contributed by atoms with E-state index >= 15 is 0 Å². The molecular formula is C29H31N3O2. The number of carbonyl (C=O) groups excluding carboxylic acids is 1. The molecule has 1 aromatic heterocycles. The third-order valence-electron chi connectivity index (χ3n) is 7.58. The van der Waals surface area contributed by atoms with Gasteiger partial charge in [-0.1, -0.05) is 54.6 Å². The highest BCUT2D eigenvalue weighted by Crippen LogP contribution is 2.45. The van der Waals surface area contributed by atoms with Gasteiger partial charge in [0.1, 0.15) is 6.61 Å². The quantitative estimate of drug-likeness (QED) is 0.474. The number of nitrogens with zero attached hydrogens (tertiary/aromatic N) is 3. The number of fused-ring (bicyclic) bond motifs is 5. The summed E-state index contributed by atoms with van der Waals surface area (Å²) in [4.78, 5) is 15.3. The Kier molecular flexibility index (Phi) is 4.91. The Morgan fingerprint density at radius 3 is 2.32 bits per heavy atom. The molecule has 174 valence electrons. The maximum Gasteiger partial charge on any atom is 0.410 e. The van der Waals surface area contributed by atoms with Crippen LogP contribution in [0.5, 0.6) is 0 Å². The van der Waals surface area contributed by atoms with E-state index < -0.39 is 0 Å². The van der Waals surface area contributed by atoms with Gasteiger partial charge in [0.05, 0.1) is 17.8 Å². The molecule has 2 unspecified atom stereocenters. The van der Waals surface area contributed by atoms with E-state index in [1.807, 2.05) is 15.8 Å². The summed E-state index contributed by atoms with van der Waals surface area (Å²) < 4.78 is 8.01. The van der Waals surface area contributed by atoms with Crippen molar-refractivity contribution >= 4 is 11.7 Å². The monoisotopic (exact) mass is 453 g/mol. The first-order valence-corrected chi connectivity index (χ1v) is 12.3. The molecule has 6 rings (SSSR count). The normalized spacial score (nSPS) is 21.3. The summed E-state index contributed by atoms with van der Waals surface area (Å²) in [6.45, 7) is 6.84. The summed E-state index contributed by atoms with van der Waals surface area (Å²) in [5, 5.41) is 4.57. The molecular weight excluding hydrogens is 422 g/mol. The van der Waals surface area contributed by atoms with Crippen LogP contribution in [0.25, 0.3) is 16.7 Å². The van der Waals surface area contributed by atoms with Gasteiger partial charge in [-0.3, -0.25) is 9.58 Å². The van der Waals surface area contributed by atoms with Crippen molar-refractivity contribution in [2.45, 2.75) is 63.6 Å². The van der Waals surface area contributed by atoms with Crippen molar-refractivity contribution < 1.29 is 9.53 Å². The molecule has 0 radical (unpaired) electrons. The Morgan fingerprint density at radius 2 is 1.71 bits per heavy atom. The summed E-state index contributed by atoms with van der Waals surface area (Å²) in [5.41, 5.74) is 7.41. The van der Waals surface area contributed by atoms with E-state index in [1.54, 1.807) is 0 Å². The average molecular weight is 454 g/mol. The van der Waals surface area contributed by atoms with Gasteiger partial charge in [-0.15, -0.1) is 0 Å². The van der Waals surface area contributed by atoms with Crippen molar-refractivity contribution in [1.29, 1.82) is 0 Å². The topological polar surface area (TPSA) is 47.4 Å².